The van der Waals surface area contributed by atoms with Crippen molar-refractivity contribution in [2.45, 2.75) is 78.6 Å². The van der Waals surface area contributed by atoms with Crippen LogP contribution in [0.3, 0.4) is 0 Å². The van der Waals surface area contributed by atoms with Gasteiger partial charge in [0.2, 0.25) is 5.88 Å². The van der Waals surface area contributed by atoms with Crippen molar-refractivity contribution in [2.24, 2.45) is 0 Å². The number of hydrogen-bond acceptors (Lipinski definition) is 4. The lowest BCUT2D eigenvalue weighted by Gasteiger charge is -2.43. The van der Waals surface area contributed by atoms with Gasteiger partial charge in [0.1, 0.15) is 0 Å². The number of anilines is 6. The Hall–Kier alpha value is -4.74. The summed E-state index contributed by atoms with van der Waals surface area (Å²) in [5, 5.41) is 2.57. The Morgan fingerprint density at radius 1 is 0.627 bits per heavy atom. The van der Waals surface area contributed by atoms with E-state index in [0.717, 1.165) is 16.5 Å². The highest BCUT2D eigenvalue weighted by Gasteiger charge is 2.48. The van der Waals surface area contributed by atoms with E-state index < -0.39 is 0 Å². The first-order chi connectivity index (χ1) is 24.2. The maximum atomic E-state index is 7.14. The molecule has 5 heteroatoms. The molecule has 7 aromatic rings. The highest BCUT2D eigenvalue weighted by Crippen LogP contribution is 2.50. The summed E-state index contributed by atoms with van der Waals surface area (Å²) < 4.78 is 8.42. The minimum Gasteiger partial charge on any atom is -0.430 e. The van der Waals surface area contributed by atoms with Crippen molar-refractivity contribution in [3.8, 4) is 0 Å². The van der Waals surface area contributed by atoms with Crippen molar-refractivity contribution in [1.82, 2.24) is 0 Å². The summed E-state index contributed by atoms with van der Waals surface area (Å²) in [6, 6.07) is 37.6. The van der Waals surface area contributed by atoms with E-state index in [9.17, 15) is 0 Å². The van der Waals surface area contributed by atoms with Gasteiger partial charge in [-0.15, -0.1) is 0 Å². The largest absolute Gasteiger partial charge is 0.430 e. The Morgan fingerprint density at radius 3 is 1.82 bits per heavy atom. The van der Waals surface area contributed by atoms with E-state index in [2.05, 4.69) is 169 Å². The van der Waals surface area contributed by atoms with Gasteiger partial charge < -0.3 is 9.32 Å². The molecule has 0 radical (unpaired) electrons. The molecular formula is C46H43BN2OS. The normalized spacial score (nSPS) is 15.6. The zero-order valence-corrected chi connectivity index (χ0v) is 31.8. The van der Waals surface area contributed by atoms with Gasteiger partial charge in [-0.2, -0.15) is 0 Å². The summed E-state index contributed by atoms with van der Waals surface area (Å²) in [5.74, 6) is 0.945. The summed E-state index contributed by atoms with van der Waals surface area (Å²) in [6.45, 7) is 20.7. The van der Waals surface area contributed by atoms with Crippen molar-refractivity contribution in [3.63, 3.8) is 0 Å². The van der Waals surface area contributed by atoms with Crippen molar-refractivity contribution in [1.29, 1.82) is 0 Å². The summed E-state index contributed by atoms with van der Waals surface area (Å²) in [5.41, 5.74) is 16.5. The van der Waals surface area contributed by atoms with Crippen molar-refractivity contribution >= 4 is 89.1 Å². The monoisotopic (exact) mass is 682 g/mol. The number of benzene rings is 5. The van der Waals surface area contributed by atoms with Gasteiger partial charge in [0.05, 0.1) is 0 Å². The van der Waals surface area contributed by atoms with Crippen LogP contribution in [0.15, 0.2) is 101 Å². The third kappa shape index (κ3) is 4.25. The fraction of sp³-hybridized carbons (Fsp3) is 0.261. The number of fused-ring (bicyclic) bond motifs is 2. The fourth-order valence-corrected chi connectivity index (χ4v) is 9.94. The minimum atomic E-state index is -0.174. The molecular weight excluding hydrogens is 639 g/mol. The van der Waals surface area contributed by atoms with E-state index in [1.165, 1.54) is 82.4 Å². The predicted octanol–water partition coefficient (Wildman–Crippen LogP) is 11.3. The molecule has 0 amide bonds. The highest BCUT2D eigenvalue weighted by atomic mass is 32.1. The first-order valence-electron chi connectivity index (χ1n) is 18.3. The molecule has 3 aliphatic rings. The smallest absolute Gasteiger partial charge is 0.257 e. The molecule has 0 aliphatic carbocycles. The van der Waals surface area contributed by atoms with E-state index in [4.69, 9.17) is 4.42 Å². The minimum absolute atomic E-state index is 0.0207. The van der Waals surface area contributed by atoms with Crippen molar-refractivity contribution in [2.75, 3.05) is 9.80 Å². The molecule has 3 aliphatic heterocycles. The van der Waals surface area contributed by atoms with E-state index in [1.54, 1.807) is 11.3 Å². The Balaban J connectivity index is 1.34. The zero-order chi connectivity index (χ0) is 35.4. The van der Waals surface area contributed by atoms with Gasteiger partial charge in [0.25, 0.3) is 6.71 Å². The Labute approximate surface area is 305 Å². The number of aryl methyl sites for hydroxylation is 1. The lowest BCUT2D eigenvalue weighted by Crippen LogP contribution is -2.61. The quantitative estimate of drug-likeness (QED) is 0.169. The van der Waals surface area contributed by atoms with Crippen LogP contribution < -0.4 is 26.2 Å². The number of rotatable bonds is 2. The SMILES string of the molecule is Cc1cc2c3c(c1)N(c1ccc(C(C)(C)C)cc1)c1oc4sc5ccc6cc5c4c1B3c1cc(ccc1N2c1ccc(C(C)(C)C)cc1)C6(C)C. The number of furan rings is 1. The van der Waals surface area contributed by atoms with E-state index in [1.807, 2.05) is 0 Å². The maximum Gasteiger partial charge on any atom is 0.257 e. The van der Waals surface area contributed by atoms with Gasteiger partial charge in [-0.05, 0) is 111 Å². The first-order valence-corrected chi connectivity index (χ1v) is 19.1. The number of nitrogens with zero attached hydrogens (tertiary/aromatic N) is 2. The molecule has 51 heavy (non-hydrogen) atoms. The van der Waals surface area contributed by atoms with Crippen LogP contribution in [-0.4, -0.2) is 6.71 Å². The van der Waals surface area contributed by atoms with Crippen LogP contribution in [0.2, 0.25) is 0 Å². The molecule has 2 aromatic heterocycles. The molecule has 0 spiro atoms. The summed E-state index contributed by atoms with van der Waals surface area (Å²) in [7, 11) is 0. The van der Waals surface area contributed by atoms with Gasteiger partial charge in [-0.1, -0.05) is 109 Å². The molecule has 0 N–H and O–H groups in total. The molecule has 10 rings (SSSR count). The standard InChI is InChI=1S/C46H43BN2OS/c1-26-22-36-40-37(23-26)49(32-18-12-28(13-19-32)45(5,6)7)42-41-39-33-24-29(15-21-38(33)51-43(39)50-42)46(8,9)30-14-20-35(34(25-30)47(40)41)48(36)31-16-10-27(11-17-31)44(2,3)4/h10-25H,1-9H3. The fourth-order valence-electron chi connectivity index (χ4n) is 8.89. The number of thiophene rings is 1. The van der Waals surface area contributed by atoms with Gasteiger partial charge in [0, 0.05) is 54.8 Å². The van der Waals surface area contributed by atoms with Gasteiger partial charge in [-0.25, -0.2) is 0 Å². The van der Waals surface area contributed by atoms with Crippen molar-refractivity contribution in [3.05, 3.63) is 125 Å². The number of hydrogen-bond donors (Lipinski definition) is 0. The molecule has 0 fully saturated rings. The summed E-state index contributed by atoms with van der Waals surface area (Å²) in [4.78, 5) is 5.95. The van der Waals surface area contributed by atoms with Gasteiger partial charge in [0.15, 0.2) is 4.90 Å². The zero-order valence-electron chi connectivity index (χ0n) is 31.0. The molecule has 4 bridgehead atoms. The van der Waals surface area contributed by atoms with E-state index in [-0.39, 0.29) is 23.0 Å². The second kappa shape index (κ2) is 9.98. The first kappa shape index (κ1) is 31.0. The molecule has 0 unspecified atom stereocenters. The molecule has 3 nitrogen and oxygen atoms in total. The maximum absolute atomic E-state index is 7.14. The highest BCUT2D eigenvalue weighted by molar-refractivity contribution is 7.25. The Kier molecular flexibility index (Phi) is 6.07. The predicted molar refractivity (Wildman–Crippen MR) is 220 cm³/mol. The molecule has 0 saturated carbocycles. The molecule has 252 valence electrons. The van der Waals surface area contributed by atoms with Crippen LogP contribution in [0.4, 0.5) is 34.3 Å². The molecule has 5 heterocycles. The van der Waals surface area contributed by atoms with Crippen LogP contribution in [0.5, 0.6) is 0 Å². The van der Waals surface area contributed by atoms with Crippen molar-refractivity contribution < 1.29 is 4.42 Å². The lowest BCUT2D eigenvalue weighted by molar-refractivity contribution is 0.590. The summed E-state index contributed by atoms with van der Waals surface area (Å²) in [6.07, 6.45) is 0. The van der Waals surface area contributed by atoms with Gasteiger partial charge in [-0.3, -0.25) is 4.90 Å². The lowest BCUT2D eigenvalue weighted by atomic mass is 9.33. The molecule has 0 atom stereocenters. The summed E-state index contributed by atoms with van der Waals surface area (Å²) >= 11 is 1.78. The third-order valence-electron chi connectivity index (χ3n) is 11.9. The van der Waals surface area contributed by atoms with Crippen LogP contribution in [0.25, 0.3) is 20.4 Å². The van der Waals surface area contributed by atoms with E-state index >= 15 is 0 Å². The van der Waals surface area contributed by atoms with Crippen LogP contribution in [-0.2, 0) is 16.2 Å². The average molecular weight is 683 g/mol. The third-order valence-corrected chi connectivity index (χ3v) is 12.9. The van der Waals surface area contributed by atoms with Crippen LogP contribution >= 0.6 is 11.3 Å². The second-order valence-corrected chi connectivity index (χ2v) is 18.6. The van der Waals surface area contributed by atoms with Gasteiger partial charge >= 0.3 is 0 Å². The van der Waals surface area contributed by atoms with Crippen LogP contribution in [0, 0.1) is 6.92 Å². The Morgan fingerprint density at radius 2 is 1.20 bits per heavy atom. The molecule has 0 saturated heterocycles. The van der Waals surface area contributed by atoms with Crippen LogP contribution in [0.1, 0.15) is 83.2 Å². The second-order valence-electron chi connectivity index (χ2n) is 17.6. The molecule has 5 aromatic carbocycles. The Bertz CT molecular complexity index is 2580. The topological polar surface area (TPSA) is 19.6 Å². The van der Waals surface area contributed by atoms with E-state index in [0.29, 0.717) is 0 Å². The average Bonchev–Trinajstić information content (AvgIpc) is 3.63.